The lowest BCUT2D eigenvalue weighted by Gasteiger charge is -2.14. The standard InChI is InChI=1S/C15H20BrN3O/c1-10-5-4-6-12(7-8-17)15(10)20-9-13-14(16)11(2)18-19(13)3/h4-6H,7-9,17H2,1-3H3. The van der Waals surface area contributed by atoms with Crippen molar-refractivity contribution in [3.05, 3.63) is 45.2 Å². The number of nitrogens with zero attached hydrogens (tertiary/aromatic N) is 2. The summed E-state index contributed by atoms with van der Waals surface area (Å²) >= 11 is 3.56. The fourth-order valence-electron chi connectivity index (χ4n) is 2.25. The molecule has 0 aliphatic carbocycles. The third-order valence-corrected chi connectivity index (χ3v) is 4.35. The number of benzene rings is 1. The number of hydrogen-bond acceptors (Lipinski definition) is 3. The fraction of sp³-hybridized carbons (Fsp3) is 0.400. The summed E-state index contributed by atoms with van der Waals surface area (Å²) in [6, 6.07) is 6.16. The van der Waals surface area contributed by atoms with E-state index < -0.39 is 0 Å². The van der Waals surface area contributed by atoms with E-state index in [1.807, 2.05) is 24.7 Å². The van der Waals surface area contributed by atoms with Gasteiger partial charge in [-0.2, -0.15) is 5.10 Å². The predicted molar refractivity (Wildman–Crippen MR) is 83.9 cm³/mol. The molecule has 5 heteroatoms. The van der Waals surface area contributed by atoms with Crippen molar-refractivity contribution >= 4 is 15.9 Å². The molecule has 108 valence electrons. The molecule has 0 bridgehead atoms. The van der Waals surface area contributed by atoms with E-state index in [1.54, 1.807) is 0 Å². The van der Waals surface area contributed by atoms with Crippen LogP contribution in [0.15, 0.2) is 22.7 Å². The lowest BCUT2D eigenvalue weighted by atomic mass is 10.1. The molecule has 20 heavy (non-hydrogen) atoms. The number of halogens is 1. The Bertz CT molecular complexity index is 607. The van der Waals surface area contributed by atoms with Crippen molar-refractivity contribution in [3.63, 3.8) is 0 Å². The van der Waals surface area contributed by atoms with Crippen molar-refractivity contribution in [2.45, 2.75) is 26.9 Å². The average molecular weight is 338 g/mol. The van der Waals surface area contributed by atoms with Crippen LogP contribution >= 0.6 is 15.9 Å². The summed E-state index contributed by atoms with van der Waals surface area (Å²) in [7, 11) is 1.93. The Hall–Kier alpha value is -1.33. The molecule has 0 saturated carbocycles. The molecule has 0 saturated heterocycles. The van der Waals surface area contributed by atoms with Gasteiger partial charge in [-0.1, -0.05) is 18.2 Å². The van der Waals surface area contributed by atoms with Crippen molar-refractivity contribution < 1.29 is 4.74 Å². The van der Waals surface area contributed by atoms with Crippen LogP contribution in [0.4, 0.5) is 0 Å². The minimum atomic E-state index is 0.486. The molecule has 0 atom stereocenters. The molecule has 1 aromatic heterocycles. The number of aryl methyl sites for hydroxylation is 3. The third kappa shape index (κ3) is 3.04. The second-order valence-electron chi connectivity index (χ2n) is 4.86. The summed E-state index contributed by atoms with van der Waals surface area (Å²) in [6.07, 6.45) is 0.822. The van der Waals surface area contributed by atoms with Gasteiger partial charge in [-0.25, -0.2) is 0 Å². The Morgan fingerprint density at radius 1 is 1.35 bits per heavy atom. The van der Waals surface area contributed by atoms with Crippen LogP contribution in [-0.2, 0) is 20.1 Å². The Morgan fingerprint density at radius 3 is 2.70 bits per heavy atom. The summed E-state index contributed by atoms with van der Waals surface area (Å²) in [4.78, 5) is 0. The van der Waals surface area contributed by atoms with Crippen LogP contribution in [0.3, 0.4) is 0 Å². The molecule has 0 aliphatic heterocycles. The molecule has 0 radical (unpaired) electrons. The number of nitrogens with two attached hydrogens (primary N) is 1. The van der Waals surface area contributed by atoms with Gasteiger partial charge in [0.15, 0.2) is 0 Å². The van der Waals surface area contributed by atoms with Gasteiger partial charge in [-0.15, -0.1) is 0 Å². The zero-order valence-corrected chi connectivity index (χ0v) is 13.7. The van der Waals surface area contributed by atoms with Crippen LogP contribution in [0.25, 0.3) is 0 Å². The number of ether oxygens (including phenoxy) is 1. The van der Waals surface area contributed by atoms with E-state index in [0.29, 0.717) is 13.2 Å². The maximum Gasteiger partial charge on any atom is 0.131 e. The van der Waals surface area contributed by atoms with Crippen molar-refractivity contribution in [3.8, 4) is 5.75 Å². The molecule has 0 aliphatic rings. The lowest BCUT2D eigenvalue weighted by molar-refractivity contribution is 0.289. The maximum atomic E-state index is 6.04. The van der Waals surface area contributed by atoms with Gasteiger partial charge in [0.05, 0.1) is 15.9 Å². The van der Waals surface area contributed by atoms with Crippen LogP contribution in [0.2, 0.25) is 0 Å². The molecule has 2 rings (SSSR count). The molecule has 1 heterocycles. The van der Waals surface area contributed by atoms with E-state index in [0.717, 1.165) is 39.2 Å². The Morgan fingerprint density at radius 2 is 2.10 bits per heavy atom. The number of hydrogen-bond donors (Lipinski definition) is 1. The Labute approximate surface area is 128 Å². The smallest absolute Gasteiger partial charge is 0.131 e. The molecule has 0 amide bonds. The van der Waals surface area contributed by atoms with Gasteiger partial charge in [-0.05, 0) is 53.9 Å². The minimum Gasteiger partial charge on any atom is -0.487 e. The van der Waals surface area contributed by atoms with E-state index in [2.05, 4.69) is 40.1 Å². The molecule has 2 N–H and O–H groups in total. The quantitative estimate of drug-likeness (QED) is 0.912. The van der Waals surface area contributed by atoms with Crippen LogP contribution in [0, 0.1) is 13.8 Å². The number of para-hydroxylation sites is 1. The van der Waals surface area contributed by atoms with E-state index in [4.69, 9.17) is 10.5 Å². The number of rotatable bonds is 5. The highest BCUT2D eigenvalue weighted by molar-refractivity contribution is 9.10. The SMILES string of the molecule is Cc1cccc(CCN)c1OCc1c(Br)c(C)nn1C. The molecule has 4 nitrogen and oxygen atoms in total. The molecule has 2 aromatic rings. The van der Waals surface area contributed by atoms with Crippen LogP contribution in [-0.4, -0.2) is 16.3 Å². The van der Waals surface area contributed by atoms with E-state index in [1.165, 1.54) is 0 Å². The first-order chi connectivity index (χ1) is 9.54. The van der Waals surface area contributed by atoms with E-state index in [-0.39, 0.29) is 0 Å². The van der Waals surface area contributed by atoms with Crippen LogP contribution < -0.4 is 10.5 Å². The van der Waals surface area contributed by atoms with Gasteiger partial charge in [0.25, 0.3) is 0 Å². The summed E-state index contributed by atoms with van der Waals surface area (Å²) in [6.45, 7) is 5.13. The van der Waals surface area contributed by atoms with Crippen molar-refractivity contribution in [1.82, 2.24) is 9.78 Å². The second-order valence-corrected chi connectivity index (χ2v) is 5.65. The highest BCUT2D eigenvalue weighted by Crippen LogP contribution is 2.27. The van der Waals surface area contributed by atoms with E-state index in [9.17, 15) is 0 Å². The topological polar surface area (TPSA) is 53.1 Å². The van der Waals surface area contributed by atoms with Crippen molar-refractivity contribution in [1.29, 1.82) is 0 Å². The molecule has 1 aromatic carbocycles. The van der Waals surface area contributed by atoms with Crippen molar-refractivity contribution in [2.75, 3.05) is 6.54 Å². The second kappa shape index (κ2) is 6.41. The van der Waals surface area contributed by atoms with Crippen molar-refractivity contribution in [2.24, 2.45) is 12.8 Å². The number of aromatic nitrogens is 2. The summed E-state index contributed by atoms with van der Waals surface area (Å²) < 4.78 is 8.89. The summed E-state index contributed by atoms with van der Waals surface area (Å²) in [5, 5.41) is 4.37. The fourth-order valence-corrected chi connectivity index (χ4v) is 2.70. The summed E-state index contributed by atoms with van der Waals surface area (Å²) in [5.74, 6) is 0.934. The van der Waals surface area contributed by atoms with Gasteiger partial charge in [0, 0.05) is 7.05 Å². The zero-order valence-electron chi connectivity index (χ0n) is 12.1. The zero-order chi connectivity index (χ0) is 14.7. The first kappa shape index (κ1) is 15.1. The molecule has 0 spiro atoms. The van der Waals surface area contributed by atoms with Gasteiger partial charge < -0.3 is 10.5 Å². The third-order valence-electron chi connectivity index (χ3n) is 3.32. The average Bonchev–Trinajstić information content (AvgIpc) is 2.64. The van der Waals surface area contributed by atoms with Gasteiger partial charge in [0.1, 0.15) is 12.4 Å². The highest BCUT2D eigenvalue weighted by atomic mass is 79.9. The Balaban J connectivity index is 2.22. The molecule has 0 unspecified atom stereocenters. The van der Waals surface area contributed by atoms with Gasteiger partial charge in [-0.3, -0.25) is 4.68 Å². The minimum absolute atomic E-state index is 0.486. The van der Waals surface area contributed by atoms with Gasteiger partial charge in [0.2, 0.25) is 0 Å². The highest BCUT2D eigenvalue weighted by Gasteiger charge is 2.13. The largest absolute Gasteiger partial charge is 0.487 e. The first-order valence-electron chi connectivity index (χ1n) is 6.64. The molecule has 0 fully saturated rings. The monoisotopic (exact) mass is 337 g/mol. The van der Waals surface area contributed by atoms with Crippen LogP contribution in [0.5, 0.6) is 5.75 Å². The normalized spacial score (nSPS) is 10.8. The summed E-state index contributed by atoms with van der Waals surface area (Å²) in [5.41, 5.74) is 9.95. The predicted octanol–water partition coefficient (Wildman–Crippen LogP) is 2.88. The molecular formula is C15H20BrN3O. The first-order valence-corrected chi connectivity index (χ1v) is 7.43. The lowest BCUT2D eigenvalue weighted by Crippen LogP contribution is -2.08. The Kier molecular flexibility index (Phi) is 4.83. The van der Waals surface area contributed by atoms with Gasteiger partial charge >= 0.3 is 0 Å². The van der Waals surface area contributed by atoms with Crippen LogP contribution in [0.1, 0.15) is 22.5 Å². The molecular weight excluding hydrogens is 318 g/mol. The van der Waals surface area contributed by atoms with E-state index >= 15 is 0 Å². The maximum absolute atomic E-state index is 6.04.